The normalized spacial score (nSPS) is 24.2. The van der Waals surface area contributed by atoms with Crippen LogP contribution in [0.25, 0.3) is 0 Å². The number of likely N-dealkylation sites (N-methyl/N-ethyl adjacent to an activating group) is 1. The Kier molecular flexibility index (Phi) is 2.87. The largest absolute Gasteiger partial charge is 0.478 e. The number of rotatable bonds is 3. The number of likely N-dealkylation sites (tertiary alicyclic amines) is 1. The molecule has 12 heavy (non-hydrogen) atoms. The maximum absolute atomic E-state index is 10.6. The zero-order chi connectivity index (χ0) is 9.14. The third kappa shape index (κ3) is 1.67. The van der Waals surface area contributed by atoms with Gasteiger partial charge in [-0.2, -0.15) is 0 Å². The third-order valence-corrected chi connectivity index (χ3v) is 2.45. The number of carboxylic acid groups (broad SMARTS) is 1. The van der Waals surface area contributed by atoms with Crippen LogP contribution in [0.5, 0.6) is 0 Å². The molecular weight excluding hydrogens is 154 g/mol. The summed E-state index contributed by atoms with van der Waals surface area (Å²) in [5.41, 5.74) is 0.342. The van der Waals surface area contributed by atoms with Crippen LogP contribution in [0.3, 0.4) is 0 Å². The maximum Gasteiger partial charge on any atom is 0.332 e. The zero-order valence-corrected chi connectivity index (χ0v) is 7.42. The number of aliphatic carboxylic acids is 1. The van der Waals surface area contributed by atoms with Crippen LogP contribution in [0.15, 0.2) is 12.2 Å². The number of nitrogens with zero attached hydrogens (tertiary/aromatic N) is 1. The van der Waals surface area contributed by atoms with Crippen molar-refractivity contribution in [2.75, 3.05) is 13.1 Å². The van der Waals surface area contributed by atoms with E-state index in [1.165, 1.54) is 0 Å². The summed E-state index contributed by atoms with van der Waals surface area (Å²) in [6.07, 6.45) is 2.03. The molecule has 1 aliphatic heterocycles. The van der Waals surface area contributed by atoms with E-state index in [-0.39, 0.29) is 6.04 Å². The molecule has 1 aliphatic rings. The molecule has 1 unspecified atom stereocenters. The first-order chi connectivity index (χ1) is 5.66. The van der Waals surface area contributed by atoms with Gasteiger partial charge in [0.1, 0.15) is 0 Å². The third-order valence-electron chi connectivity index (χ3n) is 2.45. The Morgan fingerprint density at radius 1 is 1.75 bits per heavy atom. The van der Waals surface area contributed by atoms with Gasteiger partial charge < -0.3 is 5.11 Å². The van der Waals surface area contributed by atoms with Gasteiger partial charge in [0.05, 0.1) is 0 Å². The van der Waals surface area contributed by atoms with Crippen LogP contribution in [-0.2, 0) is 4.79 Å². The van der Waals surface area contributed by atoms with Gasteiger partial charge in [-0.05, 0) is 25.9 Å². The SMILES string of the molecule is C=C(C(=O)O)C1CCCN1CC. The molecular formula is C9H15NO2. The predicted octanol–water partition coefficient (Wildman–Crippen LogP) is 1.11. The average molecular weight is 169 g/mol. The van der Waals surface area contributed by atoms with Gasteiger partial charge >= 0.3 is 5.97 Å². The smallest absolute Gasteiger partial charge is 0.332 e. The van der Waals surface area contributed by atoms with Gasteiger partial charge in [-0.15, -0.1) is 0 Å². The highest BCUT2D eigenvalue weighted by Gasteiger charge is 2.28. The van der Waals surface area contributed by atoms with E-state index in [0.717, 1.165) is 25.9 Å². The second kappa shape index (κ2) is 3.72. The molecule has 1 saturated heterocycles. The molecule has 1 heterocycles. The van der Waals surface area contributed by atoms with Crippen molar-refractivity contribution in [2.24, 2.45) is 0 Å². The van der Waals surface area contributed by atoms with Crippen LogP contribution in [0.4, 0.5) is 0 Å². The average Bonchev–Trinajstić information content (AvgIpc) is 2.49. The standard InChI is InChI=1S/C9H15NO2/c1-3-10-6-4-5-8(10)7(2)9(11)12/h8H,2-6H2,1H3,(H,11,12). The molecule has 0 radical (unpaired) electrons. The van der Waals surface area contributed by atoms with Crippen molar-refractivity contribution >= 4 is 5.97 Å². The molecule has 3 nitrogen and oxygen atoms in total. The highest BCUT2D eigenvalue weighted by Crippen LogP contribution is 2.22. The van der Waals surface area contributed by atoms with Crippen LogP contribution in [-0.4, -0.2) is 35.1 Å². The van der Waals surface area contributed by atoms with Crippen molar-refractivity contribution in [3.63, 3.8) is 0 Å². The van der Waals surface area contributed by atoms with E-state index in [9.17, 15) is 4.79 Å². The molecule has 1 fully saturated rings. The first-order valence-electron chi connectivity index (χ1n) is 4.33. The quantitative estimate of drug-likeness (QED) is 0.643. The summed E-state index contributed by atoms with van der Waals surface area (Å²) < 4.78 is 0. The molecule has 0 amide bonds. The van der Waals surface area contributed by atoms with Gasteiger partial charge in [-0.3, -0.25) is 4.90 Å². The monoisotopic (exact) mass is 169 g/mol. The minimum Gasteiger partial charge on any atom is -0.478 e. The number of hydrogen-bond donors (Lipinski definition) is 1. The molecule has 0 aromatic heterocycles. The number of carbonyl (C=O) groups is 1. The summed E-state index contributed by atoms with van der Waals surface area (Å²) >= 11 is 0. The molecule has 68 valence electrons. The lowest BCUT2D eigenvalue weighted by molar-refractivity contribution is -0.133. The molecule has 0 bridgehead atoms. The van der Waals surface area contributed by atoms with E-state index < -0.39 is 5.97 Å². The molecule has 1 rings (SSSR count). The number of hydrogen-bond acceptors (Lipinski definition) is 2. The molecule has 0 aromatic carbocycles. The van der Waals surface area contributed by atoms with E-state index in [2.05, 4.69) is 11.5 Å². The lowest BCUT2D eigenvalue weighted by atomic mass is 10.1. The van der Waals surface area contributed by atoms with E-state index >= 15 is 0 Å². The van der Waals surface area contributed by atoms with Crippen molar-refractivity contribution in [2.45, 2.75) is 25.8 Å². The molecule has 0 aromatic rings. The first kappa shape index (κ1) is 9.26. The van der Waals surface area contributed by atoms with Crippen LogP contribution in [0.1, 0.15) is 19.8 Å². The zero-order valence-electron chi connectivity index (χ0n) is 7.42. The van der Waals surface area contributed by atoms with Gasteiger partial charge in [-0.1, -0.05) is 13.5 Å². The van der Waals surface area contributed by atoms with Crippen LogP contribution in [0.2, 0.25) is 0 Å². The number of carboxylic acids is 1. The Hall–Kier alpha value is -0.830. The van der Waals surface area contributed by atoms with E-state index in [1.807, 2.05) is 6.92 Å². The summed E-state index contributed by atoms with van der Waals surface area (Å²) in [6.45, 7) is 7.56. The summed E-state index contributed by atoms with van der Waals surface area (Å²) in [5.74, 6) is -0.861. The Bertz CT molecular complexity index is 201. The van der Waals surface area contributed by atoms with Crippen molar-refractivity contribution in [1.29, 1.82) is 0 Å². The van der Waals surface area contributed by atoms with Gasteiger partial charge in [0.2, 0.25) is 0 Å². The van der Waals surface area contributed by atoms with Crippen molar-refractivity contribution in [3.05, 3.63) is 12.2 Å². The van der Waals surface area contributed by atoms with Crippen molar-refractivity contribution in [3.8, 4) is 0 Å². The fourth-order valence-electron chi connectivity index (χ4n) is 1.74. The summed E-state index contributed by atoms with van der Waals surface area (Å²) in [4.78, 5) is 12.8. The van der Waals surface area contributed by atoms with E-state index in [4.69, 9.17) is 5.11 Å². The Morgan fingerprint density at radius 2 is 2.42 bits per heavy atom. The summed E-state index contributed by atoms with van der Waals surface area (Å²) in [5, 5.41) is 8.73. The van der Waals surface area contributed by atoms with Crippen LogP contribution >= 0.6 is 0 Å². The highest BCUT2D eigenvalue weighted by atomic mass is 16.4. The first-order valence-corrected chi connectivity index (χ1v) is 4.33. The fourth-order valence-corrected chi connectivity index (χ4v) is 1.74. The molecule has 0 spiro atoms. The lowest BCUT2D eigenvalue weighted by Gasteiger charge is -2.22. The minimum absolute atomic E-state index is 0.0764. The summed E-state index contributed by atoms with van der Waals surface area (Å²) in [6, 6.07) is 0.0764. The van der Waals surface area contributed by atoms with Gasteiger partial charge in [0.25, 0.3) is 0 Å². The second-order valence-electron chi connectivity index (χ2n) is 3.12. The van der Waals surface area contributed by atoms with Crippen LogP contribution in [0, 0.1) is 0 Å². The Labute approximate surface area is 72.7 Å². The second-order valence-corrected chi connectivity index (χ2v) is 3.12. The topological polar surface area (TPSA) is 40.5 Å². The van der Waals surface area contributed by atoms with Crippen molar-refractivity contribution < 1.29 is 9.90 Å². The fraction of sp³-hybridized carbons (Fsp3) is 0.667. The predicted molar refractivity (Wildman–Crippen MR) is 47.0 cm³/mol. The lowest BCUT2D eigenvalue weighted by Crippen LogP contribution is -2.32. The molecule has 0 saturated carbocycles. The van der Waals surface area contributed by atoms with E-state index in [0.29, 0.717) is 5.57 Å². The molecule has 3 heteroatoms. The molecule has 0 aliphatic carbocycles. The van der Waals surface area contributed by atoms with Gasteiger partial charge in [-0.25, -0.2) is 4.79 Å². The van der Waals surface area contributed by atoms with Gasteiger partial charge in [0.15, 0.2) is 0 Å². The molecule has 1 atom stereocenters. The van der Waals surface area contributed by atoms with Gasteiger partial charge in [0, 0.05) is 11.6 Å². The minimum atomic E-state index is -0.861. The van der Waals surface area contributed by atoms with Crippen LogP contribution < -0.4 is 0 Å². The Morgan fingerprint density at radius 3 is 2.92 bits per heavy atom. The van der Waals surface area contributed by atoms with E-state index in [1.54, 1.807) is 0 Å². The molecule has 1 N–H and O–H groups in total. The maximum atomic E-state index is 10.6. The Balaban J connectivity index is 2.61. The highest BCUT2D eigenvalue weighted by molar-refractivity contribution is 5.87. The summed E-state index contributed by atoms with van der Waals surface area (Å²) in [7, 11) is 0. The van der Waals surface area contributed by atoms with Crippen molar-refractivity contribution in [1.82, 2.24) is 4.90 Å².